The van der Waals surface area contributed by atoms with Gasteiger partial charge in [-0.3, -0.25) is 9.78 Å². The van der Waals surface area contributed by atoms with Crippen LogP contribution in [0.2, 0.25) is 0 Å². The fourth-order valence-corrected chi connectivity index (χ4v) is 1.96. The highest BCUT2D eigenvalue weighted by atomic mass is 19.3. The molecule has 0 saturated heterocycles. The summed E-state index contributed by atoms with van der Waals surface area (Å²) >= 11 is 0. The molecule has 0 aliphatic heterocycles. The molecule has 0 aliphatic rings. The second kappa shape index (κ2) is 7.31. The number of pyridine rings is 2. The molecule has 0 atom stereocenters. The highest BCUT2D eigenvalue weighted by Gasteiger charge is 2.24. The third-order valence-electron chi connectivity index (χ3n) is 3.13. The Kier molecular flexibility index (Phi) is 5.38. The van der Waals surface area contributed by atoms with E-state index in [1.807, 2.05) is 0 Å². The average Bonchev–Trinajstić information content (AvgIpc) is 2.53. The summed E-state index contributed by atoms with van der Waals surface area (Å²) in [4.78, 5) is 18.8. The van der Waals surface area contributed by atoms with E-state index in [4.69, 9.17) is 5.41 Å². The summed E-state index contributed by atoms with van der Waals surface area (Å²) in [6.07, 6.45) is 4.32. The molecule has 2 rings (SSSR count). The fraction of sp³-hybridized carbons (Fsp3) is 0.250. The molecule has 0 aliphatic carbocycles. The molecular formula is C16H16F2N4O3. The molecule has 0 bridgehead atoms. The van der Waals surface area contributed by atoms with E-state index in [0.717, 1.165) is 6.20 Å². The van der Waals surface area contributed by atoms with Crippen molar-refractivity contribution < 1.29 is 23.4 Å². The van der Waals surface area contributed by atoms with Crippen LogP contribution in [0.25, 0.3) is 0 Å². The Morgan fingerprint density at radius 2 is 2.08 bits per heavy atom. The van der Waals surface area contributed by atoms with Crippen LogP contribution in [0.15, 0.2) is 30.7 Å². The SMILES string of the molecule is CC(C)(O)C(=N)c1cc(C=O)cnc1Nc1cncc(OC(F)F)c1. The first kappa shape index (κ1) is 18.4. The molecule has 132 valence electrons. The number of aliphatic hydroxyl groups is 1. The zero-order chi connectivity index (χ0) is 18.6. The van der Waals surface area contributed by atoms with Crippen molar-refractivity contribution in [3.8, 4) is 5.75 Å². The maximum Gasteiger partial charge on any atom is 0.387 e. The molecule has 2 aromatic heterocycles. The minimum Gasteiger partial charge on any atom is -0.433 e. The summed E-state index contributed by atoms with van der Waals surface area (Å²) in [6.45, 7) is -0.141. The number of anilines is 2. The van der Waals surface area contributed by atoms with E-state index in [1.54, 1.807) is 0 Å². The van der Waals surface area contributed by atoms with Crippen LogP contribution >= 0.6 is 0 Å². The molecule has 25 heavy (non-hydrogen) atoms. The molecule has 2 heterocycles. The van der Waals surface area contributed by atoms with Gasteiger partial charge in [0.1, 0.15) is 17.2 Å². The molecule has 3 N–H and O–H groups in total. The number of aromatic nitrogens is 2. The number of hydrogen-bond donors (Lipinski definition) is 3. The van der Waals surface area contributed by atoms with Crippen molar-refractivity contribution in [1.82, 2.24) is 9.97 Å². The number of carbonyl (C=O) groups excluding carboxylic acids is 1. The molecule has 0 spiro atoms. The predicted octanol–water partition coefficient (Wildman–Crippen LogP) is 2.77. The molecule has 0 radical (unpaired) electrons. The van der Waals surface area contributed by atoms with Gasteiger partial charge in [0.2, 0.25) is 0 Å². The summed E-state index contributed by atoms with van der Waals surface area (Å²) in [6, 6.07) is 2.68. The topological polar surface area (TPSA) is 108 Å². The summed E-state index contributed by atoms with van der Waals surface area (Å²) in [7, 11) is 0. The van der Waals surface area contributed by atoms with Gasteiger partial charge in [-0.1, -0.05) is 0 Å². The minimum absolute atomic E-state index is 0.149. The highest BCUT2D eigenvalue weighted by Crippen LogP contribution is 2.25. The smallest absolute Gasteiger partial charge is 0.387 e. The van der Waals surface area contributed by atoms with Gasteiger partial charge in [0.15, 0.2) is 6.29 Å². The Bertz CT molecular complexity index is 791. The molecule has 0 aromatic carbocycles. The number of halogens is 2. The largest absolute Gasteiger partial charge is 0.433 e. The lowest BCUT2D eigenvalue weighted by Gasteiger charge is -2.21. The number of ether oxygens (including phenoxy) is 1. The van der Waals surface area contributed by atoms with Crippen LogP contribution in [0, 0.1) is 5.41 Å². The molecule has 0 unspecified atom stereocenters. The summed E-state index contributed by atoms with van der Waals surface area (Å²) < 4.78 is 28.9. The zero-order valence-corrected chi connectivity index (χ0v) is 13.5. The maximum absolute atomic E-state index is 12.3. The third-order valence-corrected chi connectivity index (χ3v) is 3.13. The number of alkyl halides is 2. The van der Waals surface area contributed by atoms with Crippen LogP contribution in [-0.2, 0) is 0 Å². The van der Waals surface area contributed by atoms with Crippen molar-refractivity contribution in [1.29, 1.82) is 5.41 Å². The Morgan fingerprint density at radius 1 is 1.36 bits per heavy atom. The van der Waals surface area contributed by atoms with Crippen molar-refractivity contribution in [2.45, 2.75) is 26.1 Å². The molecule has 9 heteroatoms. The Hall–Kier alpha value is -2.94. The van der Waals surface area contributed by atoms with Crippen LogP contribution in [0.3, 0.4) is 0 Å². The van der Waals surface area contributed by atoms with Gasteiger partial charge in [0.05, 0.1) is 23.8 Å². The van der Waals surface area contributed by atoms with Crippen LogP contribution < -0.4 is 10.1 Å². The lowest BCUT2D eigenvalue weighted by Crippen LogP contribution is -2.32. The molecule has 0 amide bonds. The Labute approximate surface area is 142 Å². The van der Waals surface area contributed by atoms with Crippen molar-refractivity contribution in [3.63, 3.8) is 0 Å². The van der Waals surface area contributed by atoms with Gasteiger partial charge in [0, 0.05) is 23.4 Å². The van der Waals surface area contributed by atoms with E-state index in [-0.39, 0.29) is 34.1 Å². The van der Waals surface area contributed by atoms with Crippen molar-refractivity contribution in [2.24, 2.45) is 0 Å². The molecule has 0 saturated carbocycles. The number of hydrogen-bond acceptors (Lipinski definition) is 7. The fourth-order valence-electron chi connectivity index (χ4n) is 1.96. The quantitative estimate of drug-likeness (QED) is 0.523. The van der Waals surface area contributed by atoms with Crippen molar-refractivity contribution in [3.05, 3.63) is 41.9 Å². The summed E-state index contributed by atoms with van der Waals surface area (Å²) in [5.74, 6) is 0.0114. The summed E-state index contributed by atoms with van der Waals surface area (Å²) in [5, 5.41) is 21.0. The Morgan fingerprint density at radius 3 is 2.68 bits per heavy atom. The lowest BCUT2D eigenvalue weighted by atomic mass is 9.95. The number of carbonyl (C=O) groups is 1. The normalized spacial score (nSPS) is 11.3. The maximum atomic E-state index is 12.3. The van der Waals surface area contributed by atoms with Gasteiger partial charge < -0.3 is 20.6 Å². The number of nitrogens with one attached hydrogen (secondary N) is 2. The predicted molar refractivity (Wildman–Crippen MR) is 86.9 cm³/mol. The lowest BCUT2D eigenvalue weighted by molar-refractivity contribution is -0.0500. The van der Waals surface area contributed by atoms with E-state index >= 15 is 0 Å². The molecule has 2 aromatic rings. The van der Waals surface area contributed by atoms with Gasteiger partial charge in [-0.15, -0.1) is 0 Å². The first-order chi connectivity index (χ1) is 11.7. The van der Waals surface area contributed by atoms with Crippen LogP contribution in [0.5, 0.6) is 5.75 Å². The van der Waals surface area contributed by atoms with Crippen LogP contribution in [0.1, 0.15) is 29.8 Å². The molecular weight excluding hydrogens is 334 g/mol. The minimum atomic E-state index is -2.99. The van der Waals surface area contributed by atoms with Crippen LogP contribution in [0.4, 0.5) is 20.3 Å². The van der Waals surface area contributed by atoms with Gasteiger partial charge in [-0.05, 0) is 19.9 Å². The van der Waals surface area contributed by atoms with E-state index in [0.29, 0.717) is 6.29 Å². The second-order valence-corrected chi connectivity index (χ2v) is 5.63. The second-order valence-electron chi connectivity index (χ2n) is 5.63. The highest BCUT2D eigenvalue weighted by molar-refractivity contribution is 6.08. The van der Waals surface area contributed by atoms with E-state index in [2.05, 4.69) is 20.0 Å². The zero-order valence-electron chi connectivity index (χ0n) is 13.5. The van der Waals surface area contributed by atoms with Gasteiger partial charge in [0.25, 0.3) is 0 Å². The first-order valence-electron chi connectivity index (χ1n) is 7.14. The number of aldehydes is 1. The average molecular weight is 350 g/mol. The molecule has 0 fully saturated rings. The van der Waals surface area contributed by atoms with E-state index < -0.39 is 12.2 Å². The van der Waals surface area contributed by atoms with Gasteiger partial charge in [-0.2, -0.15) is 8.78 Å². The monoisotopic (exact) mass is 350 g/mol. The van der Waals surface area contributed by atoms with Gasteiger partial charge in [-0.25, -0.2) is 4.98 Å². The van der Waals surface area contributed by atoms with E-state index in [9.17, 15) is 18.7 Å². The van der Waals surface area contributed by atoms with Crippen molar-refractivity contribution in [2.75, 3.05) is 5.32 Å². The first-order valence-corrected chi connectivity index (χ1v) is 7.14. The Balaban J connectivity index is 2.39. The van der Waals surface area contributed by atoms with Crippen molar-refractivity contribution >= 4 is 23.5 Å². The number of nitrogens with zero attached hydrogens (tertiary/aromatic N) is 2. The number of rotatable bonds is 7. The van der Waals surface area contributed by atoms with Crippen LogP contribution in [-0.4, -0.2) is 39.3 Å². The standard InChI is InChI=1S/C16H16F2N4O3/c1-16(2,24)13(19)12-3-9(8-23)5-21-14(12)22-10-4-11(7-20-6-10)25-15(17)18/h3-8,15,19,24H,1-2H3,(H,21,22). The third kappa shape index (κ3) is 4.77. The summed E-state index contributed by atoms with van der Waals surface area (Å²) in [5.41, 5.74) is -0.938. The van der Waals surface area contributed by atoms with Gasteiger partial charge >= 0.3 is 6.61 Å². The van der Waals surface area contributed by atoms with E-state index in [1.165, 1.54) is 38.4 Å². The molecule has 7 nitrogen and oxygen atoms in total.